The van der Waals surface area contributed by atoms with Crippen LogP contribution >= 0.6 is 22.7 Å². The number of thiazole rings is 2. The molecule has 0 aliphatic rings. The van der Waals surface area contributed by atoms with E-state index < -0.39 is 0 Å². The molecule has 0 N–H and O–H groups in total. The molecule has 0 atom stereocenters. The van der Waals surface area contributed by atoms with E-state index in [2.05, 4.69) is 9.97 Å². The van der Waals surface area contributed by atoms with Gasteiger partial charge >= 0.3 is 11.9 Å². The third kappa shape index (κ3) is 5.67. The van der Waals surface area contributed by atoms with Gasteiger partial charge in [-0.15, -0.1) is 22.7 Å². The number of ether oxygens (including phenoxy) is 2. The van der Waals surface area contributed by atoms with E-state index in [-0.39, 0.29) is 11.9 Å². The number of hydrogen-bond acceptors (Lipinski definition) is 8. The van der Waals surface area contributed by atoms with Crippen molar-refractivity contribution in [3.63, 3.8) is 0 Å². The molecule has 0 radical (unpaired) electrons. The van der Waals surface area contributed by atoms with Crippen LogP contribution in [0.4, 0.5) is 0 Å². The van der Waals surface area contributed by atoms with E-state index in [1.165, 1.54) is 22.7 Å². The van der Waals surface area contributed by atoms with Gasteiger partial charge in [-0.1, -0.05) is 38.5 Å². The summed E-state index contributed by atoms with van der Waals surface area (Å²) in [5.41, 5.74) is 2.48. The van der Waals surface area contributed by atoms with Gasteiger partial charge in [0.2, 0.25) is 0 Å². The smallest absolute Gasteiger partial charge is 0.357 e. The first-order valence-electron chi connectivity index (χ1n) is 11.7. The average molecular weight is 503 g/mol. The topological polar surface area (TPSA) is 87.2 Å². The molecule has 0 spiro atoms. The molecular weight excluding hydrogens is 472 g/mol. The van der Waals surface area contributed by atoms with Gasteiger partial charge in [0, 0.05) is 23.2 Å². The lowest BCUT2D eigenvalue weighted by Crippen LogP contribution is -2.10. The van der Waals surface area contributed by atoms with E-state index in [0.29, 0.717) is 36.0 Å². The highest BCUT2D eigenvalue weighted by molar-refractivity contribution is 7.15. The molecule has 0 aromatic carbocycles. The number of fused-ring (bicyclic) bond motifs is 2. The van der Waals surface area contributed by atoms with Crippen LogP contribution in [-0.4, -0.2) is 43.9 Å². The zero-order chi connectivity index (χ0) is 23.9. The second-order valence-corrected chi connectivity index (χ2v) is 10.0. The average Bonchev–Trinajstić information content (AvgIpc) is 3.55. The van der Waals surface area contributed by atoms with E-state index >= 15 is 0 Å². The summed E-state index contributed by atoms with van der Waals surface area (Å²) in [6.45, 7) is 4.55. The standard InChI is InChI=1S/C24H30N4O4S2/c1-17-19(27-11-15-33-23(27)25-17)21(29)31-13-9-7-5-3-4-6-8-10-14-32-22(30)20-18(2)26-24-28(20)12-16-34-24/h11-12,15-16H,3-10,13-14H2,1-2H3. The molecule has 10 heteroatoms. The SMILES string of the molecule is Cc1nc2sccn2c1C(=O)OCCCCCCCCCCOC(=O)c1c(C)nc2sccn12. The van der Waals surface area contributed by atoms with Crippen LogP contribution in [-0.2, 0) is 9.47 Å². The van der Waals surface area contributed by atoms with Gasteiger partial charge in [-0.05, 0) is 26.7 Å². The Morgan fingerprint density at radius 1 is 0.706 bits per heavy atom. The molecule has 0 saturated heterocycles. The predicted octanol–water partition coefficient (Wildman–Crippen LogP) is 5.86. The number of carbonyl (C=O) groups is 2. The van der Waals surface area contributed by atoms with Gasteiger partial charge in [0.1, 0.15) is 0 Å². The summed E-state index contributed by atoms with van der Waals surface area (Å²) in [7, 11) is 0. The van der Waals surface area contributed by atoms with E-state index in [9.17, 15) is 9.59 Å². The van der Waals surface area contributed by atoms with Crippen LogP contribution in [0, 0.1) is 13.8 Å². The number of aryl methyl sites for hydroxylation is 2. The highest BCUT2D eigenvalue weighted by atomic mass is 32.1. The summed E-state index contributed by atoms with van der Waals surface area (Å²) in [6, 6.07) is 0. The number of nitrogens with zero attached hydrogens (tertiary/aromatic N) is 4. The third-order valence-electron chi connectivity index (χ3n) is 5.76. The van der Waals surface area contributed by atoms with Crippen LogP contribution in [0.3, 0.4) is 0 Å². The fraction of sp³-hybridized carbons (Fsp3) is 0.500. The lowest BCUT2D eigenvalue weighted by Gasteiger charge is -2.06. The van der Waals surface area contributed by atoms with E-state index in [1.54, 1.807) is 8.80 Å². The first-order valence-corrected chi connectivity index (χ1v) is 13.5. The van der Waals surface area contributed by atoms with Gasteiger partial charge in [-0.2, -0.15) is 0 Å². The number of hydrogen-bond donors (Lipinski definition) is 0. The molecule has 182 valence electrons. The van der Waals surface area contributed by atoms with Crippen molar-refractivity contribution in [3.05, 3.63) is 45.9 Å². The molecule has 0 aliphatic heterocycles. The van der Waals surface area contributed by atoms with Crippen molar-refractivity contribution in [2.45, 2.75) is 65.2 Å². The maximum Gasteiger partial charge on any atom is 0.357 e. The second-order valence-electron chi connectivity index (χ2n) is 8.30. The van der Waals surface area contributed by atoms with Crippen molar-refractivity contribution in [2.24, 2.45) is 0 Å². The second kappa shape index (κ2) is 11.6. The fourth-order valence-corrected chi connectivity index (χ4v) is 5.53. The molecule has 4 aromatic rings. The minimum absolute atomic E-state index is 0.299. The maximum atomic E-state index is 12.4. The van der Waals surface area contributed by atoms with Crippen molar-refractivity contribution in [2.75, 3.05) is 13.2 Å². The van der Waals surface area contributed by atoms with Crippen molar-refractivity contribution in [3.8, 4) is 0 Å². The zero-order valence-electron chi connectivity index (χ0n) is 19.6. The number of unbranched alkanes of at least 4 members (excludes halogenated alkanes) is 7. The largest absolute Gasteiger partial charge is 0.461 e. The number of rotatable bonds is 13. The van der Waals surface area contributed by atoms with Crippen molar-refractivity contribution in [1.29, 1.82) is 0 Å². The van der Waals surface area contributed by atoms with E-state index in [0.717, 1.165) is 61.3 Å². The summed E-state index contributed by atoms with van der Waals surface area (Å²) < 4.78 is 14.5. The predicted molar refractivity (Wildman–Crippen MR) is 133 cm³/mol. The Morgan fingerprint density at radius 3 is 1.50 bits per heavy atom. The molecule has 0 fully saturated rings. The van der Waals surface area contributed by atoms with E-state index in [1.807, 2.05) is 37.0 Å². The first kappa shape index (κ1) is 24.4. The lowest BCUT2D eigenvalue weighted by atomic mass is 10.1. The van der Waals surface area contributed by atoms with E-state index in [4.69, 9.17) is 9.47 Å². The molecule has 34 heavy (non-hydrogen) atoms. The molecule has 0 bridgehead atoms. The van der Waals surface area contributed by atoms with Gasteiger partial charge in [0.25, 0.3) is 0 Å². The summed E-state index contributed by atoms with van der Waals surface area (Å²) in [4.78, 5) is 35.1. The summed E-state index contributed by atoms with van der Waals surface area (Å²) in [6.07, 6.45) is 12.1. The quantitative estimate of drug-likeness (QED) is 0.168. The van der Waals surface area contributed by atoms with Crippen LogP contribution in [0.15, 0.2) is 23.2 Å². The summed E-state index contributed by atoms with van der Waals surface area (Å²) >= 11 is 3.01. The molecule has 0 unspecified atom stereocenters. The third-order valence-corrected chi connectivity index (χ3v) is 7.28. The van der Waals surface area contributed by atoms with Gasteiger partial charge in [-0.3, -0.25) is 8.80 Å². The van der Waals surface area contributed by atoms with Gasteiger partial charge in [0.15, 0.2) is 21.3 Å². The number of esters is 2. The van der Waals surface area contributed by atoms with Crippen LogP contribution in [0.1, 0.15) is 83.7 Å². The van der Waals surface area contributed by atoms with Crippen molar-refractivity contribution < 1.29 is 19.1 Å². The molecule has 4 aromatic heterocycles. The van der Waals surface area contributed by atoms with Crippen LogP contribution < -0.4 is 0 Å². The first-order chi connectivity index (χ1) is 16.6. The molecule has 0 amide bonds. The number of carbonyl (C=O) groups excluding carboxylic acids is 2. The molecule has 8 nitrogen and oxygen atoms in total. The Bertz CT molecular complexity index is 1160. The minimum atomic E-state index is -0.299. The summed E-state index contributed by atoms with van der Waals surface area (Å²) in [5, 5.41) is 3.82. The van der Waals surface area contributed by atoms with Crippen LogP contribution in [0.5, 0.6) is 0 Å². The molecular formula is C24H30N4O4S2. The molecule has 0 saturated carbocycles. The molecule has 0 aliphatic carbocycles. The number of imidazole rings is 2. The minimum Gasteiger partial charge on any atom is -0.461 e. The normalized spacial score (nSPS) is 11.5. The summed E-state index contributed by atoms with van der Waals surface area (Å²) in [5.74, 6) is -0.598. The Labute approximate surface area is 206 Å². The Kier molecular flexibility index (Phi) is 8.34. The Hall–Kier alpha value is -2.72. The lowest BCUT2D eigenvalue weighted by molar-refractivity contribution is 0.0478. The van der Waals surface area contributed by atoms with Crippen LogP contribution in [0.25, 0.3) is 9.92 Å². The number of aromatic nitrogens is 4. The molecule has 4 heterocycles. The molecule has 4 rings (SSSR count). The highest BCUT2D eigenvalue weighted by Gasteiger charge is 2.19. The van der Waals surface area contributed by atoms with Gasteiger partial charge in [-0.25, -0.2) is 19.6 Å². The van der Waals surface area contributed by atoms with Gasteiger partial charge < -0.3 is 9.47 Å². The Balaban J connectivity index is 1.00. The Morgan fingerprint density at radius 2 is 1.09 bits per heavy atom. The van der Waals surface area contributed by atoms with Gasteiger partial charge in [0.05, 0.1) is 24.6 Å². The van der Waals surface area contributed by atoms with Crippen molar-refractivity contribution in [1.82, 2.24) is 18.8 Å². The fourth-order valence-electron chi connectivity index (χ4n) is 4.01. The highest BCUT2D eigenvalue weighted by Crippen LogP contribution is 2.19. The van der Waals surface area contributed by atoms with Crippen LogP contribution in [0.2, 0.25) is 0 Å². The maximum absolute atomic E-state index is 12.4. The van der Waals surface area contributed by atoms with Crippen molar-refractivity contribution >= 4 is 44.5 Å². The zero-order valence-corrected chi connectivity index (χ0v) is 21.3. The monoisotopic (exact) mass is 502 g/mol.